The number of carbonyl (C=O) groups excluding carboxylic acids is 1. The minimum absolute atomic E-state index is 0.224. The summed E-state index contributed by atoms with van der Waals surface area (Å²) in [6.07, 6.45) is 2.95. The van der Waals surface area contributed by atoms with Crippen LogP contribution >= 0.6 is 23.4 Å². The quantitative estimate of drug-likeness (QED) is 0.441. The van der Waals surface area contributed by atoms with E-state index in [4.69, 9.17) is 16.7 Å². The van der Waals surface area contributed by atoms with Crippen molar-refractivity contribution in [1.82, 2.24) is 10.3 Å². The normalized spacial score (nSPS) is 11.7. The lowest BCUT2D eigenvalue weighted by atomic mass is 10.2. The number of aromatic nitrogens is 1. The van der Waals surface area contributed by atoms with Gasteiger partial charge in [-0.3, -0.25) is 14.9 Å². The fraction of sp³-hybridized carbons (Fsp3) is 0.364. The summed E-state index contributed by atoms with van der Waals surface area (Å²) in [5.74, 6) is -1.46. The molecule has 0 unspecified atom stereocenters. The number of nitrogens with zero attached hydrogens (tertiary/aromatic N) is 2. The van der Waals surface area contributed by atoms with E-state index in [1.807, 2.05) is 6.26 Å². The molecule has 0 bridgehead atoms. The number of hydrogen-bond acceptors (Lipinski definition) is 6. The van der Waals surface area contributed by atoms with Crippen LogP contribution in [0.4, 0.5) is 5.69 Å². The Labute approximate surface area is 129 Å². The summed E-state index contributed by atoms with van der Waals surface area (Å²) >= 11 is 7.15. The molecule has 0 aliphatic heterocycles. The van der Waals surface area contributed by atoms with Crippen molar-refractivity contribution < 1.29 is 19.6 Å². The van der Waals surface area contributed by atoms with E-state index in [1.54, 1.807) is 0 Å². The Morgan fingerprint density at radius 3 is 2.81 bits per heavy atom. The lowest BCUT2D eigenvalue weighted by molar-refractivity contribution is -0.385. The number of carboxylic acids is 1. The maximum Gasteiger partial charge on any atom is 0.326 e. The molecule has 21 heavy (non-hydrogen) atoms. The van der Waals surface area contributed by atoms with Gasteiger partial charge in [0.15, 0.2) is 0 Å². The second-order valence-electron chi connectivity index (χ2n) is 3.93. The van der Waals surface area contributed by atoms with Gasteiger partial charge in [0.05, 0.1) is 10.5 Å². The molecular weight excluding hydrogens is 322 g/mol. The SMILES string of the molecule is CSCC[C@@H](NC(=O)c1cc([N+](=O)[O-])cnc1Cl)C(=O)O. The zero-order chi connectivity index (χ0) is 16.0. The summed E-state index contributed by atoms with van der Waals surface area (Å²) in [6, 6.07) is -0.140. The van der Waals surface area contributed by atoms with Crippen LogP contribution in [0.15, 0.2) is 12.3 Å². The Bertz CT molecular complexity index is 569. The van der Waals surface area contributed by atoms with Crippen molar-refractivity contribution in [2.75, 3.05) is 12.0 Å². The molecule has 0 fully saturated rings. The van der Waals surface area contributed by atoms with E-state index >= 15 is 0 Å². The number of pyridine rings is 1. The Kier molecular flexibility index (Phi) is 6.38. The number of rotatable bonds is 7. The zero-order valence-corrected chi connectivity index (χ0v) is 12.5. The van der Waals surface area contributed by atoms with Gasteiger partial charge in [-0.05, 0) is 18.4 Å². The molecule has 0 aliphatic rings. The number of carbonyl (C=O) groups is 2. The lowest BCUT2D eigenvalue weighted by Crippen LogP contribution is -2.41. The van der Waals surface area contributed by atoms with E-state index in [0.29, 0.717) is 5.75 Å². The monoisotopic (exact) mass is 333 g/mol. The molecule has 1 rings (SSSR count). The van der Waals surface area contributed by atoms with Crippen molar-refractivity contribution >= 4 is 40.9 Å². The summed E-state index contributed by atoms with van der Waals surface area (Å²) < 4.78 is 0. The molecule has 0 radical (unpaired) electrons. The first-order valence-corrected chi connectivity index (χ1v) is 7.46. The first-order chi connectivity index (χ1) is 9.86. The Morgan fingerprint density at radius 1 is 1.62 bits per heavy atom. The number of thioether (sulfide) groups is 1. The number of amides is 1. The first-order valence-electron chi connectivity index (χ1n) is 5.69. The number of hydrogen-bond donors (Lipinski definition) is 2. The fourth-order valence-electron chi connectivity index (χ4n) is 1.43. The van der Waals surface area contributed by atoms with Crippen LogP contribution in [0.2, 0.25) is 5.15 Å². The second-order valence-corrected chi connectivity index (χ2v) is 5.28. The molecule has 1 aromatic heterocycles. The lowest BCUT2D eigenvalue weighted by Gasteiger charge is -2.14. The first kappa shape index (κ1) is 17.2. The average molecular weight is 334 g/mol. The van der Waals surface area contributed by atoms with E-state index in [0.717, 1.165) is 12.3 Å². The molecule has 8 nitrogen and oxygen atoms in total. The van der Waals surface area contributed by atoms with Crippen LogP contribution in [-0.2, 0) is 4.79 Å². The minimum Gasteiger partial charge on any atom is -0.480 e. The molecule has 0 saturated carbocycles. The summed E-state index contributed by atoms with van der Waals surface area (Å²) in [5.41, 5.74) is -0.637. The molecule has 10 heteroatoms. The Balaban J connectivity index is 2.94. The molecule has 1 heterocycles. The molecule has 1 amide bonds. The maximum atomic E-state index is 12.0. The number of nitrogens with one attached hydrogen (secondary N) is 1. The smallest absolute Gasteiger partial charge is 0.326 e. The maximum absolute atomic E-state index is 12.0. The van der Waals surface area contributed by atoms with Gasteiger partial charge < -0.3 is 10.4 Å². The zero-order valence-electron chi connectivity index (χ0n) is 10.9. The third kappa shape index (κ3) is 4.87. The summed E-state index contributed by atoms with van der Waals surface area (Å²) in [5, 5.41) is 21.7. The number of nitro groups is 1. The van der Waals surface area contributed by atoms with E-state index in [9.17, 15) is 19.7 Å². The molecule has 0 saturated heterocycles. The van der Waals surface area contributed by atoms with Gasteiger partial charge in [0.1, 0.15) is 17.4 Å². The summed E-state index contributed by atoms with van der Waals surface area (Å²) in [6.45, 7) is 0. The van der Waals surface area contributed by atoms with Crippen molar-refractivity contribution in [3.63, 3.8) is 0 Å². The third-order valence-corrected chi connectivity index (χ3v) is 3.44. The summed E-state index contributed by atoms with van der Waals surface area (Å²) in [4.78, 5) is 36.5. The standard InChI is InChI=1S/C11H12ClN3O5S/c1-21-3-2-8(11(17)18)14-10(16)7-4-6(15(19)20)5-13-9(7)12/h4-5,8H,2-3H2,1H3,(H,14,16)(H,17,18)/t8-/m1/s1. The van der Waals surface area contributed by atoms with Gasteiger partial charge >= 0.3 is 5.97 Å². The van der Waals surface area contributed by atoms with Gasteiger partial charge in [0.25, 0.3) is 11.6 Å². The topological polar surface area (TPSA) is 122 Å². The highest BCUT2D eigenvalue weighted by Gasteiger charge is 2.23. The van der Waals surface area contributed by atoms with E-state index < -0.39 is 28.5 Å². The van der Waals surface area contributed by atoms with Gasteiger partial charge in [-0.15, -0.1) is 0 Å². The van der Waals surface area contributed by atoms with E-state index in [-0.39, 0.29) is 17.1 Å². The molecule has 2 N–H and O–H groups in total. The highest BCUT2D eigenvalue weighted by Crippen LogP contribution is 2.19. The van der Waals surface area contributed by atoms with Crippen LogP contribution in [-0.4, -0.2) is 44.9 Å². The highest BCUT2D eigenvalue weighted by molar-refractivity contribution is 7.98. The molecule has 0 spiro atoms. The number of aliphatic carboxylic acids is 1. The molecule has 114 valence electrons. The number of halogens is 1. The van der Waals surface area contributed by atoms with Crippen LogP contribution in [0, 0.1) is 10.1 Å². The van der Waals surface area contributed by atoms with Crippen molar-refractivity contribution in [3.05, 3.63) is 33.1 Å². The van der Waals surface area contributed by atoms with Crippen molar-refractivity contribution in [1.29, 1.82) is 0 Å². The van der Waals surface area contributed by atoms with Gasteiger partial charge in [-0.25, -0.2) is 9.78 Å². The largest absolute Gasteiger partial charge is 0.480 e. The number of carboxylic acid groups (broad SMARTS) is 1. The third-order valence-electron chi connectivity index (χ3n) is 2.49. The second kappa shape index (κ2) is 7.79. The molecule has 1 atom stereocenters. The van der Waals surface area contributed by atoms with Crippen LogP contribution in [0.25, 0.3) is 0 Å². The molecule has 0 aromatic carbocycles. The molecule has 0 aliphatic carbocycles. The minimum atomic E-state index is -1.19. The van der Waals surface area contributed by atoms with Crippen molar-refractivity contribution in [2.45, 2.75) is 12.5 Å². The van der Waals surface area contributed by atoms with Gasteiger partial charge in [-0.2, -0.15) is 11.8 Å². The van der Waals surface area contributed by atoms with Crippen molar-refractivity contribution in [2.24, 2.45) is 0 Å². The average Bonchev–Trinajstić information content (AvgIpc) is 2.42. The Hall–Kier alpha value is -1.87. The summed E-state index contributed by atoms with van der Waals surface area (Å²) in [7, 11) is 0. The fourth-order valence-corrected chi connectivity index (χ4v) is 2.09. The van der Waals surface area contributed by atoms with Crippen LogP contribution in [0.3, 0.4) is 0 Å². The molecule has 1 aromatic rings. The highest BCUT2D eigenvalue weighted by atomic mass is 35.5. The van der Waals surface area contributed by atoms with Crippen LogP contribution in [0.1, 0.15) is 16.8 Å². The van der Waals surface area contributed by atoms with Gasteiger partial charge in [0, 0.05) is 6.07 Å². The van der Waals surface area contributed by atoms with Crippen molar-refractivity contribution in [3.8, 4) is 0 Å². The van der Waals surface area contributed by atoms with Gasteiger partial charge in [-0.1, -0.05) is 11.6 Å². The van der Waals surface area contributed by atoms with Crippen LogP contribution in [0.5, 0.6) is 0 Å². The Morgan fingerprint density at radius 2 is 2.29 bits per heavy atom. The predicted molar refractivity (Wildman–Crippen MR) is 77.8 cm³/mol. The predicted octanol–water partition coefficient (Wildman–Crippen LogP) is 1.58. The van der Waals surface area contributed by atoms with Gasteiger partial charge in [0.2, 0.25) is 0 Å². The van der Waals surface area contributed by atoms with Crippen LogP contribution < -0.4 is 5.32 Å². The van der Waals surface area contributed by atoms with E-state index in [1.165, 1.54) is 11.8 Å². The molecular formula is C11H12ClN3O5S. The van der Waals surface area contributed by atoms with E-state index in [2.05, 4.69) is 10.3 Å².